The lowest BCUT2D eigenvalue weighted by molar-refractivity contribution is 0.314. The Morgan fingerprint density at radius 2 is 2.00 bits per heavy atom. The van der Waals surface area contributed by atoms with Gasteiger partial charge in [-0.05, 0) is 37.8 Å². The molecule has 2 rings (SSSR count). The highest BCUT2D eigenvalue weighted by Crippen LogP contribution is 2.33. The molecular weight excluding hydrogens is 266 g/mol. The zero-order valence-electron chi connectivity index (χ0n) is 10.6. The molecule has 1 aliphatic carbocycles. The summed E-state index contributed by atoms with van der Waals surface area (Å²) in [4.78, 5) is 0.175. The standard InChI is InChI=1S/C12H17N3O3S/c1-8-2-6-10(7-3-8)19(17,18)15-11(9-4-5-9)12(13)14-16/h2-3,6-7,9,11,15-16H,4-5H2,1H3,(H2,13,14). The van der Waals surface area contributed by atoms with Crippen LogP contribution < -0.4 is 10.5 Å². The molecule has 1 fully saturated rings. The Morgan fingerprint density at radius 1 is 1.42 bits per heavy atom. The van der Waals surface area contributed by atoms with E-state index in [0.717, 1.165) is 18.4 Å². The van der Waals surface area contributed by atoms with E-state index >= 15 is 0 Å². The molecule has 0 amide bonds. The Balaban J connectivity index is 2.22. The van der Waals surface area contributed by atoms with Crippen LogP contribution in [0.15, 0.2) is 34.3 Å². The molecule has 0 spiro atoms. The summed E-state index contributed by atoms with van der Waals surface area (Å²) >= 11 is 0. The molecule has 0 bridgehead atoms. The predicted molar refractivity (Wildman–Crippen MR) is 71.4 cm³/mol. The van der Waals surface area contributed by atoms with Crippen LogP contribution in [0.25, 0.3) is 0 Å². The third kappa shape index (κ3) is 3.24. The molecular formula is C12H17N3O3S. The number of oxime groups is 1. The molecule has 1 aromatic carbocycles. The van der Waals surface area contributed by atoms with Crippen molar-refractivity contribution in [2.75, 3.05) is 0 Å². The molecule has 1 atom stereocenters. The number of benzene rings is 1. The monoisotopic (exact) mass is 283 g/mol. The Morgan fingerprint density at radius 3 is 2.47 bits per heavy atom. The van der Waals surface area contributed by atoms with Crippen LogP contribution in [0.2, 0.25) is 0 Å². The van der Waals surface area contributed by atoms with Crippen molar-refractivity contribution in [2.45, 2.75) is 30.7 Å². The van der Waals surface area contributed by atoms with E-state index in [9.17, 15) is 8.42 Å². The number of nitrogens with two attached hydrogens (primary N) is 1. The van der Waals surface area contributed by atoms with Crippen LogP contribution in [-0.4, -0.2) is 25.5 Å². The first-order valence-corrected chi connectivity index (χ1v) is 7.49. The first-order valence-electron chi connectivity index (χ1n) is 6.00. The summed E-state index contributed by atoms with van der Waals surface area (Å²) in [5.74, 6) is 0.00862. The zero-order valence-corrected chi connectivity index (χ0v) is 11.4. The van der Waals surface area contributed by atoms with Crippen molar-refractivity contribution in [3.05, 3.63) is 29.8 Å². The third-order valence-electron chi connectivity index (χ3n) is 3.14. The number of nitrogens with one attached hydrogen (secondary N) is 1. The number of hydrogen-bond donors (Lipinski definition) is 3. The SMILES string of the molecule is Cc1ccc(S(=O)(=O)NC(C(N)=NO)C2CC2)cc1. The highest BCUT2D eigenvalue weighted by Gasteiger charge is 2.37. The fourth-order valence-electron chi connectivity index (χ4n) is 1.84. The first kappa shape index (κ1) is 13.8. The highest BCUT2D eigenvalue weighted by atomic mass is 32.2. The van der Waals surface area contributed by atoms with Gasteiger partial charge in [-0.1, -0.05) is 22.9 Å². The highest BCUT2D eigenvalue weighted by molar-refractivity contribution is 7.89. The van der Waals surface area contributed by atoms with Gasteiger partial charge in [0.1, 0.15) is 0 Å². The van der Waals surface area contributed by atoms with E-state index in [0.29, 0.717) is 0 Å². The number of nitrogens with zero attached hydrogens (tertiary/aromatic N) is 1. The second-order valence-electron chi connectivity index (χ2n) is 4.77. The fourth-order valence-corrected chi connectivity index (χ4v) is 3.12. The number of rotatable bonds is 5. The van der Waals surface area contributed by atoms with Crippen LogP contribution in [0.1, 0.15) is 18.4 Å². The smallest absolute Gasteiger partial charge is 0.241 e. The van der Waals surface area contributed by atoms with Crippen molar-refractivity contribution < 1.29 is 13.6 Å². The lowest BCUT2D eigenvalue weighted by atomic mass is 10.2. The van der Waals surface area contributed by atoms with Crippen molar-refractivity contribution in [2.24, 2.45) is 16.8 Å². The summed E-state index contributed by atoms with van der Waals surface area (Å²) in [6.07, 6.45) is 1.74. The maximum absolute atomic E-state index is 12.2. The third-order valence-corrected chi connectivity index (χ3v) is 4.60. The molecule has 0 aromatic heterocycles. The molecule has 1 aromatic rings. The minimum absolute atomic E-state index is 0.0989. The molecule has 7 heteroatoms. The van der Waals surface area contributed by atoms with Crippen LogP contribution in [-0.2, 0) is 10.0 Å². The van der Waals surface area contributed by atoms with Crippen LogP contribution in [0.3, 0.4) is 0 Å². The van der Waals surface area contributed by atoms with Gasteiger partial charge >= 0.3 is 0 Å². The predicted octanol–water partition coefficient (Wildman–Crippen LogP) is 0.798. The van der Waals surface area contributed by atoms with Crippen LogP contribution in [0.5, 0.6) is 0 Å². The van der Waals surface area contributed by atoms with Crippen molar-refractivity contribution in [1.82, 2.24) is 4.72 Å². The quantitative estimate of drug-likeness (QED) is 0.322. The maximum Gasteiger partial charge on any atom is 0.241 e. The Kier molecular flexibility index (Phi) is 3.77. The van der Waals surface area contributed by atoms with Gasteiger partial charge in [0.25, 0.3) is 0 Å². The topological polar surface area (TPSA) is 105 Å². The first-order chi connectivity index (χ1) is 8.94. The van der Waals surface area contributed by atoms with Gasteiger partial charge in [-0.25, -0.2) is 13.1 Å². The molecule has 0 aliphatic heterocycles. The molecule has 1 saturated carbocycles. The van der Waals surface area contributed by atoms with Gasteiger partial charge in [0.2, 0.25) is 10.0 Å². The van der Waals surface area contributed by atoms with Gasteiger partial charge in [0, 0.05) is 0 Å². The van der Waals surface area contributed by atoms with Gasteiger partial charge in [-0.3, -0.25) is 0 Å². The van der Waals surface area contributed by atoms with Crippen molar-refractivity contribution in [1.29, 1.82) is 0 Å². The van der Waals surface area contributed by atoms with Crippen molar-refractivity contribution in [3.63, 3.8) is 0 Å². The number of hydrogen-bond acceptors (Lipinski definition) is 4. The minimum atomic E-state index is -3.66. The molecule has 0 heterocycles. The average molecular weight is 283 g/mol. The van der Waals surface area contributed by atoms with Crippen LogP contribution in [0, 0.1) is 12.8 Å². The summed E-state index contributed by atoms with van der Waals surface area (Å²) < 4.78 is 26.9. The van der Waals surface area contributed by atoms with Gasteiger partial charge in [0.05, 0.1) is 10.9 Å². The minimum Gasteiger partial charge on any atom is -0.409 e. The molecule has 1 aliphatic rings. The van der Waals surface area contributed by atoms with Crippen molar-refractivity contribution >= 4 is 15.9 Å². The Labute approximate surface area is 112 Å². The largest absolute Gasteiger partial charge is 0.409 e. The summed E-state index contributed by atoms with van der Waals surface area (Å²) in [7, 11) is -3.66. The molecule has 0 radical (unpaired) electrons. The van der Waals surface area contributed by atoms with E-state index in [2.05, 4.69) is 9.88 Å². The molecule has 104 valence electrons. The van der Waals surface area contributed by atoms with Crippen LogP contribution >= 0.6 is 0 Å². The van der Waals surface area contributed by atoms with E-state index in [1.807, 2.05) is 6.92 Å². The van der Waals surface area contributed by atoms with Gasteiger partial charge in [-0.2, -0.15) is 0 Å². The number of amidine groups is 1. The fraction of sp³-hybridized carbons (Fsp3) is 0.417. The molecule has 6 nitrogen and oxygen atoms in total. The van der Waals surface area contributed by atoms with E-state index in [1.54, 1.807) is 12.1 Å². The van der Waals surface area contributed by atoms with Crippen molar-refractivity contribution in [3.8, 4) is 0 Å². The van der Waals surface area contributed by atoms with Gasteiger partial charge in [0.15, 0.2) is 5.84 Å². The molecule has 1 unspecified atom stereocenters. The van der Waals surface area contributed by atoms with E-state index < -0.39 is 16.1 Å². The average Bonchev–Trinajstić information content (AvgIpc) is 3.20. The van der Waals surface area contributed by atoms with Crippen LogP contribution in [0.4, 0.5) is 0 Å². The number of sulfonamides is 1. The second-order valence-corrected chi connectivity index (χ2v) is 6.49. The molecule has 19 heavy (non-hydrogen) atoms. The summed E-state index contributed by atoms with van der Waals surface area (Å²) in [5, 5.41) is 11.6. The summed E-state index contributed by atoms with van der Waals surface area (Å²) in [6, 6.07) is 5.88. The Hall–Kier alpha value is -1.60. The summed E-state index contributed by atoms with van der Waals surface area (Å²) in [5.41, 5.74) is 6.52. The van der Waals surface area contributed by atoms with E-state index in [-0.39, 0.29) is 16.6 Å². The van der Waals surface area contributed by atoms with Gasteiger partial charge < -0.3 is 10.9 Å². The zero-order chi connectivity index (χ0) is 14.0. The lowest BCUT2D eigenvalue weighted by Crippen LogP contribution is -2.46. The number of aryl methyl sites for hydroxylation is 1. The molecule has 4 N–H and O–H groups in total. The molecule has 0 saturated heterocycles. The summed E-state index contributed by atoms with van der Waals surface area (Å²) in [6.45, 7) is 1.88. The second kappa shape index (κ2) is 5.18. The van der Waals surface area contributed by atoms with E-state index in [1.165, 1.54) is 12.1 Å². The Bertz CT molecular complexity index is 577. The lowest BCUT2D eigenvalue weighted by Gasteiger charge is -2.16. The van der Waals surface area contributed by atoms with Gasteiger partial charge in [-0.15, -0.1) is 0 Å². The maximum atomic E-state index is 12.2. The van der Waals surface area contributed by atoms with E-state index in [4.69, 9.17) is 10.9 Å². The normalized spacial score (nSPS) is 18.3.